The second kappa shape index (κ2) is 9.43. The number of methoxy groups -OCH3 is 1. The number of para-hydroxylation sites is 1. The molecule has 0 spiro atoms. The summed E-state index contributed by atoms with van der Waals surface area (Å²) in [6.07, 6.45) is 2.81. The topological polar surface area (TPSA) is 111 Å². The Bertz CT molecular complexity index is 912. The number of carbonyl (C=O) groups excluding carboxylic acids is 2. The summed E-state index contributed by atoms with van der Waals surface area (Å²) in [4.78, 5) is 36.6. The van der Waals surface area contributed by atoms with Crippen LogP contribution in [0.1, 0.15) is 30.1 Å². The molecule has 1 fully saturated rings. The third-order valence-corrected chi connectivity index (χ3v) is 5.24. The number of nitrogens with two attached hydrogens (primary N) is 1. The molecule has 3 rings (SSSR count). The van der Waals surface area contributed by atoms with E-state index in [0.717, 1.165) is 0 Å². The standard InChI is InChI=1S/C21H27N5O4/c1-4-30-20(27)14-9-11-26(12-10-14)19-17(22)18(23-13-24-19)25(2)16-8-6-5-7-15(16)21(28)29-3/h5-8,13-14H,4,9-12,22H2,1-3H3. The molecule has 2 heterocycles. The Balaban J connectivity index is 1.83. The van der Waals surface area contributed by atoms with Crippen LogP contribution in [0.5, 0.6) is 0 Å². The van der Waals surface area contributed by atoms with Crippen LogP contribution >= 0.6 is 0 Å². The molecule has 1 aliphatic rings. The smallest absolute Gasteiger partial charge is 0.339 e. The van der Waals surface area contributed by atoms with Crippen molar-refractivity contribution < 1.29 is 19.1 Å². The molecule has 0 atom stereocenters. The molecule has 160 valence electrons. The summed E-state index contributed by atoms with van der Waals surface area (Å²) in [6, 6.07) is 7.09. The highest BCUT2D eigenvalue weighted by Gasteiger charge is 2.28. The van der Waals surface area contributed by atoms with Crippen LogP contribution in [0, 0.1) is 5.92 Å². The summed E-state index contributed by atoms with van der Waals surface area (Å²) in [5, 5.41) is 0. The van der Waals surface area contributed by atoms with Gasteiger partial charge in [-0.3, -0.25) is 4.79 Å². The largest absolute Gasteiger partial charge is 0.466 e. The van der Waals surface area contributed by atoms with Gasteiger partial charge in [-0.05, 0) is 31.9 Å². The molecule has 0 saturated carbocycles. The van der Waals surface area contributed by atoms with Gasteiger partial charge in [0, 0.05) is 20.1 Å². The molecule has 9 nitrogen and oxygen atoms in total. The van der Waals surface area contributed by atoms with Crippen molar-refractivity contribution in [1.82, 2.24) is 9.97 Å². The van der Waals surface area contributed by atoms with Gasteiger partial charge in [0.1, 0.15) is 12.0 Å². The molecule has 0 radical (unpaired) electrons. The number of benzene rings is 1. The second-order valence-corrected chi connectivity index (χ2v) is 7.02. The number of ether oxygens (including phenoxy) is 2. The fourth-order valence-electron chi connectivity index (χ4n) is 3.65. The van der Waals surface area contributed by atoms with E-state index in [2.05, 4.69) is 14.9 Å². The predicted octanol–water partition coefficient (Wildman–Crippen LogP) is 2.39. The molecule has 1 aromatic heterocycles. The fraction of sp³-hybridized carbons (Fsp3) is 0.429. The van der Waals surface area contributed by atoms with Gasteiger partial charge in [0.05, 0.1) is 30.9 Å². The highest BCUT2D eigenvalue weighted by Crippen LogP contribution is 2.35. The van der Waals surface area contributed by atoms with Crippen molar-refractivity contribution in [2.45, 2.75) is 19.8 Å². The molecule has 0 bridgehead atoms. The number of piperidine rings is 1. The molecule has 1 aliphatic heterocycles. The Kier molecular flexibility index (Phi) is 6.71. The first-order valence-corrected chi connectivity index (χ1v) is 9.91. The van der Waals surface area contributed by atoms with Gasteiger partial charge in [0.15, 0.2) is 11.6 Å². The summed E-state index contributed by atoms with van der Waals surface area (Å²) in [6.45, 7) is 3.49. The first-order valence-electron chi connectivity index (χ1n) is 9.91. The number of hydrogen-bond donors (Lipinski definition) is 1. The molecule has 0 aliphatic carbocycles. The molecular formula is C21H27N5O4. The van der Waals surface area contributed by atoms with Crippen molar-refractivity contribution in [2.75, 3.05) is 49.4 Å². The lowest BCUT2D eigenvalue weighted by molar-refractivity contribution is -0.148. The zero-order valence-corrected chi connectivity index (χ0v) is 17.5. The molecule has 2 aromatic rings. The predicted molar refractivity (Wildman–Crippen MR) is 114 cm³/mol. The third-order valence-electron chi connectivity index (χ3n) is 5.24. The highest BCUT2D eigenvalue weighted by molar-refractivity contribution is 5.97. The lowest BCUT2D eigenvalue weighted by Crippen LogP contribution is -2.38. The summed E-state index contributed by atoms with van der Waals surface area (Å²) in [5.74, 6) is 0.422. The number of rotatable bonds is 6. The van der Waals surface area contributed by atoms with Gasteiger partial charge < -0.3 is 25.0 Å². The summed E-state index contributed by atoms with van der Waals surface area (Å²) < 4.78 is 10.0. The average molecular weight is 413 g/mol. The van der Waals surface area contributed by atoms with Crippen molar-refractivity contribution in [2.24, 2.45) is 5.92 Å². The lowest BCUT2D eigenvalue weighted by Gasteiger charge is -2.33. The SMILES string of the molecule is CCOC(=O)C1CCN(c2ncnc(N(C)c3ccccc3C(=O)OC)c2N)CC1. The number of esters is 2. The summed E-state index contributed by atoms with van der Waals surface area (Å²) in [5.41, 5.74) is 7.89. The normalized spacial score (nSPS) is 14.3. The molecule has 2 N–H and O–H groups in total. The van der Waals surface area contributed by atoms with Crippen LogP contribution < -0.4 is 15.5 Å². The molecule has 1 saturated heterocycles. The third kappa shape index (κ3) is 4.29. The minimum atomic E-state index is -0.439. The number of carbonyl (C=O) groups is 2. The first-order chi connectivity index (χ1) is 14.5. The Morgan fingerprint density at radius 1 is 1.23 bits per heavy atom. The average Bonchev–Trinajstić information content (AvgIpc) is 2.78. The zero-order valence-electron chi connectivity index (χ0n) is 17.5. The van der Waals surface area contributed by atoms with Gasteiger partial charge >= 0.3 is 11.9 Å². The Labute approximate surface area is 175 Å². The van der Waals surface area contributed by atoms with Crippen LogP contribution in [0.3, 0.4) is 0 Å². The molecule has 1 aromatic carbocycles. The first kappa shape index (κ1) is 21.4. The maximum absolute atomic E-state index is 12.1. The van der Waals surface area contributed by atoms with E-state index >= 15 is 0 Å². The minimum absolute atomic E-state index is 0.0988. The van der Waals surface area contributed by atoms with Gasteiger partial charge in [-0.25, -0.2) is 14.8 Å². The quantitative estimate of drug-likeness (QED) is 0.714. The maximum atomic E-state index is 12.1. The van der Waals surface area contributed by atoms with Gasteiger partial charge in [-0.2, -0.15) is 0 Å². The molecule has 9 heteroatoms. The molecule has 0 unspecified atom stereocenters. The van der Waals surface area contributed by atoms with Crippen molar-refractivity contribution in [3.63, 3.8) is 0 Å². The van der Waals surface area contributed by atoms with Crippen molar-refractivity contribution in [3.8, 4) is 0 Å². The monoisotopic (exact) mass is 413 g/mol. The van der Waals surface area contributed by atoms with E-state index in [-0.39, 0.29) is 11.9 Å². The number of hydrogen-bond acceptors (Lipinski definition) is 9. The van der Waals surface area contributed by atoms with Gasteiger partial charge in [-0.15, -0.1) is 0 Å². The van der Waals surface area contributed by atoms with Crippen molar-refractivity contribution in [1.29, 1.82) is 0 Å². The van der Waals surface area contributed by atoms with E-state index in [1.807, 2.05) is 13.0 Å². The van der Waals surface area contributed by atoms with Gasteiger partial charge in [0.2, 0.25) is 0 Å². The van der Waals surface area contributed by atoms with Crippen LogP contribution in [-0.4, -0.2) is 55.8 Å². The number of nitrogen functional groups attached to an aromatic ring is 1. The van der Waals surface area contributed by atoms with E-state index in [1.165, 1.54) is 13.4 Å². The summed E-state index contributed by atoms with van der Waals surface area (Å²) >= 11 is 0. The van der Waals surface area contributed by atoms with E-state index in [4.69, 9.17) is 15.2 Å². The number of nitrogens with zero attached hydrogens (tertiary/aromatic N) is 4. The van der Waals surface area contributed by atoms with Crippen LogP contribution in [0.25, 0.3) is 0 Å². The molecule has 30 heavy (non-hydrogen) atoms. The van der Waals surface area contributed by atoms with E-state index < -0.39 is 5.97 Å². The minimum Gasteiger partial charge on any atom is -0.466 e. The van der Waals surface area contributed by atoms with Gasteiger partial charge in [-0.1, -0.05) is 12.1 Å². The number of anilines is 4. The van der Waals surface area contributed by atoms with Gasteiger partial charge in [0.25, 0.3) is 0 Å². The lowest BCUT2D eigenvalue weighted by atomic mass is 9.97. The van der Waals surface area contributed by atoms with E-state index in [1.54, 1.807) is 30.1 Å². The Hall–Kier alpha value is -3.36. The van der Waals surface area contributed by atoms with Crippen LogP contribution in [0.15, 0.2) is 30.6 Å². The van der Waals surface area contributed by atoms with Crippen LogP contribution in [0.4, 0.5) is 23.0 Å². The Morgan fingerprint density at radius 3 is 2.60 bits per heavy atom. The highest BCUT2D eigenvalue weighted by atomic mass is 16.5. The molecule has 0 amide bonds. The van der Waals surface area contributed by atoms with Crippen molar-refractivity contribution >= 4 is 34.9 Å². The zero-order chi connectivity index (χ0) is 21.7. The fourth-order valence-corrected chi connectivity index (χ4v) is 3.65. The van der Waals surface area contributed by atoms with Crippen molar-refractivity contribution in [3.05, 3.63) is 36.2 Å². The number of aromatic nitrogens is 2. The molecular weight excluding hydrogens is 386 g/mol. The Morgan fingerprint density at radius 2 is 1.93 bits per heavy atom. The van der Waals surface area contributed by atoms with E-state index in [0.29, 0.717) is 61.1 Å². The van der Waals surface area contributed by atoms with Crippen LogP contribution in [-0.2, 0) is 14.3 Å². The maximum Gasteiger partial charge on any atom is 0.339 e. The second-order valence-electron chi connectivity index (χ2n) is 7.02. The summed E-state index contributed by atoms with van der Waals surface area (Å²) in [7, 11) is 3.13. The van der Waals surface area contributed by atoms with Crippen LogP contribution in [0.2, 0.25) is 0 Å². The van der Waals surface area contributed by atoms with E-state index in [9.17, 15) is 9.59 Å².